The topological polar surface area (TPSA) is 43.8 Å². The van der Waals surface area contributed by atoms with Crippen LogP contribution in [0.25, 0.3) is 0 Å². The maximum atomic E-state index is 12.6. The first-order valence-electron chi connectivity index (χ1n) is 7.56. The second kappa shape index (κ2) is 5.83. The highest BCUT2D eigenvalue weighted by molar-refractivity contribution is 5.94. The van der Waals surface area contributed by atoms with Gasteiger partial charge < -0.3 is 14.9 Å². The maximum absolute atomic E-state index is 12.6. The molecule has 4 heteroatoms. The number of nitrogens with zero attached hydrogens (tertiary/aromatic N) is 2. The quantitative estimate of drug-likeness (QED) is 0.918. The first-order valence-corrected chi connectivity index (χ1v) is 7.56. The van der Waals surface area contributed by atoms with Crippen LogP contribution in [-0.2, 0) is 0 Å². The molecule has 3 rings (SSSR count). The fourth-order valence-corrected chi connectivity index (χ4v) is 3.33. The Labute approximate surface area is 120 Å². The molecular formula is C16H22N2O2. The van der Waals surface area contributed by atoms with Gasteiger partial charge in [0.2, 0.25) is 0 Å². The smallest absolute Gasteiger partial charge is 0.254 e. The molecule has 0 radical (unpaired) electrons. The fourth-order valence-electron chi connectivity index (χ4n) is 3.33. The van der Waals surface area contributed by atoms with E-state index in [1.54, 1.807) is 24.3 Å². The lowest BCUT2D eigenvalue weighted by atomic mass is 10.1. The van der Waals surface area contributed by atoms with Crippen LogP contribution in [0.2, 0.25) is 0 Å². The zero-order valence-corrected chi connectivity index (χ0v) is 11.8. The van der Waals surface area contributed by atoms with E-state index in [4.69, 9.17) is 0 Å². The predicted octanol–water partition coefficient (Wildman–Crippen LogP) is 2.09. The lowest BCUT2D eigenvalue weighted by Crippen LogP contribution is -2.42. The number of hydrogen-bond donors (Lipinski definition) is 1. The molecule has 20 heavy (non-hydrogen) atoms. The lowest BCUT2D eigenvalue weighted by Gasteiger charge is -2.28. The number of rotatable bonds is 3. The highest BCUT2D eigenvalue weighted by Crippen LogP contribution is 2.23. The van der Waals surface area contributed by atoms with Crippen LogP contribution in [0.4, 0.5) is 0 Å². The molecule has 1 aromatic carbocycles. The summed E-state index contributed by atoms with van der Waals surface area (Å²) in [5, 5.41) is 9.31. The van der Waals surface area contributed by atoms with Crippen LogP contribution in [0, 0.1) is 0 Å². The number of phenolic OH excluding ortho intramolecular Hbond substituents is 1. The third-order valence-electron chi connectivity index (χ3n) is 4.42. The van der Waals surface area contributed by atoms with E-state index in [2.05, 4.69) is 4.90 Å². The summed E-state index contributed by atoms with van der Waals surface area (Å²) in [6.07, 6.45) is 4.79. The monoisotopic (exact) mass is 274 g/mol. The minimum absolute atomic E-state index is 0.103. The molecule has 0 bridgehead atoms. The fraction of sp³-hybridized carbons (Fsp3) is 0.562. The highest BCUT2D eigenvalue weighted by Gasteiger charge is 2.31. The van der Waals surface area contributed by atoms with Gasteiger partial charge in [-0.3, -0.25) is 4.79 Å². The Morgan fingerprint density at radius 1 is 1.10 bits per heavy atom. The van der Waals surface area contributed by atoms with Crippen molar-refractivity contribution in [3.63, 3.8) is 0 Å². The standard InChI is InChI=1S/C16H22N2O2/c19-15-7-5-13(6-8-15)16(20)18-11-3-4-14(18)12-17-9-1-2-10-17/h5-8,14,19H,1-4,9-12H2/t14-/m0/s1. The van der Waals surface area contributed by atoms with Crippen LogP contribution in [0.15, 0.2) is 24.3 Å². The Hall–Kier alpha value is -1.55. The Morgan fingerprint density at radius 2 is 1.80 bits per heavy atom. The van der Waals surface area contributed by atoms with E-state index in [1.807, 2.05) is 4.90 Å². The molecule has 2 saturated heterocycles. The number of hydrogen-bond acceptors (Lipinski definition) is 3. The molecule has 0 saturated carbocycles. The first kappa shape index (κ1) is 13.4. The van der Waals surface area contributed by atoms with Gasteiger partial charge in [0.1, 0.15) is 5.75 Å². The minimum Gasteiger partial charge on any atom is -0.508 e. The molecule has 2 aliphatic rings. The molecule has 1 aromatic rings. The van der Waals surface area contributed by atoms with Gasteiger partial charge in [0.05, 0.1) is 0 Å². The number of carbonyl (C=O) groups is 1. The van der Waals surface area contributed by atoms with E-state index >= 15 is 0 Å². The third kappa shape index (κ3) is 2.80. The van der Waals surface area contributed by atoms with Crippen molar-refractivity contribution in [2.24, 2.45) is 0 Å². The number of benzene rings is 1. The van der Waals surface area contributed by atoms with Crippen LogP contribution in [0.3, 0.4) is 0 Å². The second-order valence-electron chi connectivity index (χ2n) is 5.85. The van der Waals surface area contributed by atoms with E-state index in [-0.39, 0.29) is 11.7 Å². The van der Waals surface area contributed by atoms with Gasteiger partial charge in [-0.15, -0.1) is 0 Å². The molecular weight excluding hydrogens is 252 g/mol. The highest BCUT2D eigenvalue weighted by atomic mass is 16.3. The SMILES string of the molecule is O=C(c1ccc(O)cc1)N1CCC[C@H]1CN1CCCC1. The summed E-state index contributed by atoms with van der Waals surface area (Å²) in [6.45, 7) is 4.23. The Balaban J connectivity index is 1.67. The van der Waals surface area contributed by atoms with Crippen molar-refractivity contribution in [3.05, 3.63) is 29.8 Å². The van der Waals surface area contributed by atoms with E-state index in [1.165, 1.54) is 25.9 Å². The molecule has 108 valence electrons. The number of phenols is 1. The Kier molecular flexibility index (Phi) is 3.92. The van der Waals surface area contributed by atoms with Gasteiger partial charge in [-0.25, -0.2) is 0 Å². The van der Waals surface area contributed by atoms with Gasteiger partial charge in [-0.05, 0) is 63.0 Å². The number of amides is 1. The normalized spacial score (nSPS) is 23.4. The van der Waals surface area contributed by atoms with Crippen molar-refractivity contribution in [1.29, 1.82) is 0 Å². The van der Waals surface area contributed by atoms with Gasteiger partial charge in [0.15, 0.2) is 0 Å². The van der Waals surface area contributed by atoms with Crippen molar-refractivity contribution in [2.75, 3.05) is 26.2 Å². The molecule has 0 spiro atoms. The molecule has 2 heterocycles. The molecule has 4 nitrogen and oxygen atoms in total. The molecule has 2 aliphatic heterocycles. The molecule has 0 unspecified atom stereocenters. The molecule has 0 aliphatic carbocycles. The third-order valence-corrected chi connectivity index (χ3v) is 4.42. The van der Waals surface area contributed by atoms with Crippen LogP contribution in [0.5, 0.6) is 5.75 Å². The molecule has 1 amide bonds. The average Bonchev–Trinajstić information content (AvgIpc) is 3.11. The van der Waals surface area contributed by atoms with Gasteiger partial charge in [-0.2, -0.15) is 0 Å². The van der Waals surface area contributed by atoms with Gasteiger partial charge in [-0.1, -0.05) is 0 Å². The summed E-state index contributed by atoms with van der Waals surface area (Å²) >= 11 is 0. The van der Waals surface area contributed by atoms with E-state index in [0.717, 1.165) is 25.9 Å². The number of carbonyl (C=O) groups excluding carboxylic acids is 1. The van der Waals surface area contributed by atoms with Crippen LogP contribution >= 0.6 is 0 Å². The van der Waals surface area contributed by atoms with Gasteiger partial charge in [0, 0.05) is 24.7 Å². The zero-order chi connectivity index (χ0) is 13.9. The van der Waals surface area contributed by atoms with Gasteiger partial charge >= 0.3 is 0 Å². The zero-order valence-electron chi connectivity index (χ0n) is 11.8. The van der Waals surface area contributed by atoms with Crippen LogP contribution in [-0.4, -0.2) is 53.0 Å². The second-order valence-corrected chi connectivity index (χ2v) is 5.85. The van der Waals surface area contributed by atoms with E-state index in [0.29, 0.717) is 11.6 Å². The van der Waals surface area contributed by atoms with Crippen molar-refractivity contribution in [3.8, 4) is 5.75 Å². The maximum Gasteiger partial charge on any atom is 0.254 e. The van der Waals surface area contributed by atoms with Crippen molar-refractivity contribution < 1.29 is 9.90 Å². The summed E-state index contributed by atoms with van der Waals surface area (Å²) < 4.78 is 0. The largest absolute Gasteiger partial charge is 0.508 e. The van der Waals surface area contributed by atoms with Crippen molar-refractivity contribution in [1.82, 2.24) is 9.80 Å². The average molecular weight is 274 g/mol. The predicted molar refractivity (Wildman–Crippen MR) is 77.8 cm³/mol. The Bertz CT molecular complexity index is 466. The molecule has 1 N–H and O–H groups in total. The number of aromatic hydroxyl groups is 1. The van der Waals surface area contributed by atoms with Gasteiger partial charge in [0.25, 0.3) is 5.91 Å². The Morgan fingerprint density at radius 3 is 2.50 bits per heavy atom. The molecule has 2 fully saturated rings. The lowest BCUT2D eigenvalue weighted by molar-refractivity contribution is 0.0709. The summed E-state index contributed by atoms with van der Waals surface area (Å²) in [5.74, 6) is 0.309. The summed E-state index contributed by atoms with van der Waals surface area (Å²) in [4.78, 5) is 17.1. The van der Waals surface area contributed by atoms with E-state index < -0.39 is 0 Å². The van der Waals surface area contributed by atoms with Crippen molar-refractivity contribution in [2.45, 2.75) is 31.7 Å². The number of likely N-dealkylation sites (tertiary alicyclic amines) is 2. The first-order chi connectivity index (χ1) is 9.74. The summed E-state index contributed by atoms with van der Waals surface area (Å²) in [6, 6.07) is 6.94. The minimum atomic E-state index is 0.103. The summed E-state index contributed by atoms with van der Waals surface area (Å²) in [7, 11) is 0. The van der Waals surface area contributed by atoms with E-state index in [9.17, 15) is 9.90 Å². The summed E-state index contributed by atoms with van der Waals surface area (Å²) in [5.41, 5.74) is 0.677. The van der Waals surface area contributed by atoms with Crippen LogP contribution < -0.4 is 0 Å². The van der Waals surface area contributed by atoms with Crippen molar-refractivity contribution >= 4 is 5.91 Å². The molecule has 0 aromatic heterocycles. The van der Waals surface area contributed by atoms with Crippen LogP contribution in [0.1, 0.15) is 36.0 Å². The molecule has 1 atom stereocenters.